The Labute approximate surface area is 151 Å². The van der Waals surface area contributed by atoms with Crippen LogP contribution < -0.4 is 0 Å². The Morgan fingerprint density at radius 3 is 2.19 bits per heavy atom. The molecule has 26 heavy (non-hydrogen) atoms. The Hall–Kier alpha value is -1.43. The van der Waals surface area contributed by atoms with Crippen LogP contribution in [-0.4, -0.2) is 12.5 Å². The summed E-state index contributed by atoms with van der Waals surface area (Å²) in [6, 6.07) is 4.44. The van der Waals surface area contributed by atoms with Crippen molar-refractivity contribution in [3.05, 3.63) is 48.0 Å². The van der Waals surface area contributed by atoms with E-state index >= 15 is 0 Å². The standard InChI is InChI=1S/C20H25F5O/c1-2-3-4-14-5-9-16(10-6-14)18(19(21)22)26-13-15-7-11-17(12-8-15)20(23,24)25/h2,7-8,11-12,14,16,18-19H,1,3-6,9-10,13H2. The van der Waals surface area contributed by atoms with Gasteiger partial charge in [-0.05, 0) is 55.2 Å². The number of halogens is 5. The van der Waals surface area contributed by atoms with Gasteiger partial charge in [0, 0.05) is 0 Å². The normalized spacial score (nSPS) is 22.4. The monoisotopic (exact) mass is 376 g/mol. The third-order valence-corrected chi connectivity index (χ3v) is 5.11. The zero-order valence-corrected chi connectivity index (χ0v) is 14.7. The lowest BCUT2D eigenvalue weighted by Crippen LogP contribution is -2.34. The summed E-state index contributed by atoms with van der Waals surface area (Å²) in [5.41, 5.74) is -0.298. The first-order chi connectivity index (χ1) is 12.3. The van der Waals surface area contributed by atoms with Crippen LogP contribution in [0.3, 0.4) is 0 Å². The fraction of sp³-hybridized carbons (Fsp3) is 0.600. The minimum Gasteiger partial charge on any atom is -0.367 e. The molecular formula is C20H25F5O. The lowest BCUT2D eigenvalue weighted by Gasteiger charge is -2.33. The molecule has 0 spiro atoms. The average Bonchev–Trinajstić information content (AvgIpc) is 2.60. The molecule has 0 aliphatic heterocycles. The molecule has 6 heteroatoms. The Morgan fingerprint density at radius 1 is 1.08 bits per heavy atom. The van der Waals surface area contributed by atoms with E-state index in [-0.39, 0.29) is 12.5 Å². The first-order valence-electron chi connectivity index (χ1n) is 8.98. The molecule has 0 heterocycles. The molecular weight excluding hydrogens is 351 g/mol. The van der Waals surface area contributed by atoms with Crippen LogP contribution in [0.1, 0.15) is 49.7 Å². The summed E-state index contributed by atoms with van der Waals surface area (Å²) in [4.78, 5) is 0. The van der Waals surface area contributed by atoms with Gasteiger partial charge in [0.1, 0.15) is 6.10 Å². The van der Waals surface area contributed by atoms with Crippen LogP contribution in [0.15, 0.2) is 36.9 Å². The summed E-state index contributed by atoms with van der Waals surface area (Å²) >= 11 is 0. The summed E-state index contributed by atoms with van der Waals surface area (Å²) in [5, 5.41) is 0. The lowest BCUT2D eigenvalue weighted by atomic mass is 9.77. The molecule has 1 fully saturated rings. The molecule has 1 aromatic rings. The second-order valence-corrected chi connectivity index (χ2v) is 6.95. The molecule has 2 rings (SSSR count). The molecule has 1 unspecified atom stereocenters. The van der Waals surface area contributed by atoms with Crippen molar-refractivity contribution in [3.63, 3.8) is 0 Å². The molecule has 1 aromatic carbocycles. The minimum atomic E-state index is -4.41. The van der Waals surface area contributed by atoms with E-state index in [0.29, 0.717) is 24.3 Å². The molecule has 1 saturated carbocycles. The summed E-state index contributed by atoms with van der Waals surface area (Å²) < 4.78 is 69.9. The maximum atomic E-state index is 13.4. The first kappa shape index (κ1) is 20.9. The molecule has 0 radical (unpaired) electrons. The maximum Gasteiger partial charge on any atom is 0.416 e. The lowest BCUT2D eigenvalue weighted by molar-refractivity contribution is -0.137. The quantitative estimate of drug-likeness (QED) is 0.365. The molecule has 1 aliphatic carbocycles. The average molecular weight is 376 g/mol. The fourth-order valence-corrected chi connectivity index (χ4v) is 3.56. The zero-order chi connectivity index (χ0) is 19.2. The number of alkyl halides is 5. The van der Waals surface area contributed by atoms with E-state index in [1.165, 1.54) is 12.1 Å². The van der Waals surface area contributed by atoms with Gasteiger partial charge in [0.05, 0.1) is 12.2 Å². The highest BCUT2D eigenvalue weighted by Gasteiger charge is 2.34. The highest BCUT2D eigenvalue weighted by Crippen LogP contribution is 2.36. The predicted molar refractivity (Wildman–Crippen MR) is 90.9 cm³/mol. The topological polar surface area (TPSA) is 9.23 Å². The van der Waals surface area contributed by atoms with Gasteiger partial charge in [0.15, 0.2) is 0 Å². The molecule has 0 aromatic heterocycles. The highest BCUT2D eigenvalue weighted by atomic mass is 19.4. The van der Waals surface area contributed by atoms with Crippen LogP contribution in [0.2, 0.25) is 0 Å². The summed E-state index contributed by atoms with van der Waals surface area (Å²) in [7, 11) is 0. The van der Waals surface area contributed by atoms with Gasteiger partial charge in [-0.25, -0.2) is 8.78 Å². The Balaban J connectivity index is 1.88. The van der Waals surface area contributed by atoms with Crippen molar-refractivity contribution in [2.24, 2.45) is 11.8 Å². The second kappa shape index (κ2) is 9.49. The van der Waals surface area contributed by atoms with Crippen LogP contribution >= 0.6 is 0 Å². The van der Waals surface area contributed by atoms with Crippen molar-refractivity contribution in [2.75, 3.05) is 0 Å². The molecule has 146 valence electrons. The zero-order valence-electron chi connectivity index (χ0n) is 14.7. The van der Waals surface area contributed by atoms with Crippen molar-refractivity contribution in [1.29, 1.82) is 0 Å². The SMILES string of the molecule is C=CCCC1CCC(C(OCc2ccc(C(F)(F)F)cc2)C(F)F)CC1. The highest BCUT2D eigenvalue weighted by molar-refractivity contribution is 5.24. The molecule has 0 bridgehead atoms. The van der Waals surface area contributed by atoms with Crippen LogP contribution in [0.25, 0.3) is 0 Å². The van der Waals surface area contributed by atoms with Gasteiger partial charge in [0.2, 0.25) is 0 Å². The van der Waals surface area contributed by atoms with Gasteiger partial charge >= 0.3 is 6.18 Å². The molecule has 1 nitrogen and oxygen atoms in total. The maximum absolute atomic E-state index is 13.4. The summed E-state index contributed by atoms with van der Waals surface area (Å²) in [6.45, 7) is 3.59. The van der Waals surface area contributed by atoms with Gasteiger partial charge in [-0.2, -0.15) is 13.2 Å². The largest absolute Gasteiger partial charge is 0.416 e. The molecule has 1 aliphatic rings. The van der Waals surface area contributed by atoms with Crippen molar-refractivity contribution >= 4 is 0 Å². The number of hydrogen-bond acceptors (Lipinski definition) is 1. The Morgan fingerprint density at radius 2 is 1.69 bits per heavy atom. The Kier molecular flexibility index (Phi) is 7.62. The predicted octanol–water partition coefficient (Wildman–Crippen LogP) is 6.63. The van der Waals surface area contributed by atoms with Crippen molar-refractivity contribution in [1.82, 2.24) is 0 Å². The van der Waals surface area contributed by atoms with Gasteiger partial charge < -0.3 is 4.74 Å². The van der Waals surface area contributed by atoms with Gasteiger partial charge in [0.25, 0.3) is 6.43 Å². The third kappa shape index (κ3) is 6.08. The van der Waals surface area contributed by atoms with Crippen LogP contribution in [0.4, 0.5) is 22.0 Å². The molecule has 0 N–H and O–H groups in total. The first-order valence-corrected chi connectivity index (χ1v) is 8.98. The molecule has 0 amide bonds. The third-order valence-electron chi connectivity index (χ3n) is 5.11. The van der Waals surface area contributed by atoms with E-state index in [0.717, 1.165) is 37.8 Å². The van der Waals surface area contributed by atoms with Crippen LogP contribution in [-0.2, 0) is 17.5 Å². The summed E-state index contributed by atoms with van der Waals surface area (Å²) in [5.74, 6) is 0.349. The van der Waals surface area contributed by atoms with Gasteiger partial charge in [-0.1, -0.05) is 31.1 Å². The molecule has 1 atom stereocenters. The van der Waals surface area contributed by atoms with Crippen molar-refractivity contribution in [3.8, 4) is 0 Å². The number of hydrogen-bond donors (Lipinski definition) is 0. The van der Waals surface area contributed by atoms with Gasteiger partial charge in [-0.15, -0.1) is 6.58 Å². The van der Waals surface area contributed by atoms with E-state index in [1.807, 2.05) is 6.08 Å². The van der Waals surface area contributed by atoms with Crippen LogP contribution in [0.5, 0.6) is 0 Å². The van der Waals surface area contributed by atoms with Crippen molar-refractivity contribution in [2.45, 2.75) is 63.8 Å². The number of benzene rings is 1. The fourth-order valence-electron chi connectivity index (χ4n) is 3.56. The van der Waals surface area contributed by atoms with E-state index < -0.39 is 24.3 Å². The van der Waals surface area contributed by atoms with E-state index in [2.05, 4.69) is 6.58 Å². The number of ether oxygens (including phenoxy) is 1. The van der Waals surface area contributed by atoms with Crippen molar-refractivity contribution < 1.29 is 26.7 Å². The van der Waals surface area contributed by atoms with E-state index in [1.54, 1.807) is 0 Å². The minimum absolute atomic E-state index is 0.108. The smallest absolute Gasteiger partial charge is 0.367 e. The van der Waals surface area contributed by atoms with E-state index in [9.17, 15) is 22.0 Å². The van der Waals surface area contributed by atoms with Crippen LogP contribution in [0, 0.1) is 11.8 Å². The van der Waals surface area contributed by atoms with E-state index in [4.69, 9.17) is 4.74 Å². The summed E-state index contributed by atoms with van der Waals surface area (Å²) in [6.07, 6.45) is -1.10. The molecule has 0 saturated heterocycles. The Bertz CT molecular complexity index is 544. The second-order valence-electron chi connectivity index (χ2n) is 6.95. The number of allylic oxidation sites excluding steroid dienone is 1. The number of rotatable bonds is 8. The van der Waals surface area contributed by atoms with Gasteiger partial charge in [-0.3, -0.25) is 0 Å².